The van der Waals surface area contributed by atoms with Crippen LogP contribution in [0.15, 0.2) is 35.5 Å². The summed E-state index contributed by atoms with van der Waals surface area (Å²) in [5, 5.41) is 0. The number of carbonyl (C=O) groups excluding carboxylic acids is 1. The highest BCUT2D eigenvalue weighted by atomic mass is 79.9. The van der Waals surface area contributed by atoms with Crippen molar-refractivity contribution in [2.24, 2.45) is 0 Å². The van der Waals surface area contributed by atoms with Gasteiger partial charge in [0.1, 0.15) is 10.7 Å². The number of alkyl halides is 1. The maximum Gasteiger partial charge on any atom is 0.324 e. The highest BCUT2D eigenvalue weighted by Gasteiger charge is 2.20. The summed E-state index contributed by atoms with van der Waals surface area (Å²) >= 11 is 3.12. The van der Waals surface area contributed by atoms with E-state index < -0.39 is 22.5 Å². The normalized spacial score (nSPS) is 17.9. The maximum atomic E-state index is 12.9. The summed E-state index contributed by atoms with van der Waals surface area (Å²) in [6.07, 6.45) is 3.66. The van der Waals surface area contributed by atoms with Crippen LogP contribution in [0.5, 0.6) is 0 Å². The third-order valence-corrected chi connectivity index (χ3v) is 2.89. The third kappa shape index (κ3) is 3.27. The van der Waals surface area contributed by atoms with Crippen LogP contribution < -0.4 is 0 Å². The van der Waals surface area contributed by atoms with Crippen molar-refractivity contribution in [3.8, 4) is 0 Å². The molecule has 0 radical (unpaired) electrons. The van der Waals surface area contributed by atoms with Gasteiger partial charge in [0.2, 0.25) is 0 Å². The first-order valence-corrected chi connectivity index (χ1v) is 5.70. The molecule has 0 N–H and O–H groups in total. The molecule has 0 aromatic rings. The quantitative estimate of drug-likeness (QED) is 0.589. The van der Waals surface area contributed by atoms with Crippen LogP contribution in [0.1, 0.15) is 13.3 Å². The van der Waals surface area contributed by atoms with Gasteiger partial charge in [-0.15, -0.1) is 0 Å². The Kier molecular flexibility index (Phi) is 4.86. The van der Waals surface area contributed by atoms with Crippen molar-refractivity contribution < 1.29 is 18.3 Å². The first-order chi connectivity index (χ1) is 7.56. The second-order valence-electron chi connectivity index (χ2n) is 3.11. The van der Waals surface area contributed by atoms with Gasteiger partial charge in [-0.1, -0.05) is 28.1 Å². The molecule has 0 heterocycles. The molecule has 5 heteroatoms. The minimum absolute atomic E-state index is 0.157. The van der Waals surface area contributed by atoms with Gasteiger partial charge in [-0.3, -0.25) is 4.79 Å². The molecule has 0 aromatic heterocycles. The molecule has 1 unspecified atom stereocenters. The average molecular weight is 293 g/mol. The highest BCUT2D eigenvalue weighted by Crippen LogP contribution is 2.24. The zero-order valence-corrected chi connectivity index (χ0v) is 10.3. The number of hydrogen-bond donors (Lipinski definition) is 0. The van der Waals surface area contributed by atoms with Crippen molar-refractivity contribution in [3.63, 3.8) is 0 Å². The van der Waals surface area contributed by atoms with Crippen molar-refractivity contribution in [1.82, 2.24) is 0 Å². The number of halogens is 3. The lowest BCUT2D eigenvalue weighted by molar-refractivity contribution is -0.141. The van der Waals surface area contributed by atoms with Crippen LogP contribution in [0.3, 0.4) is 0 Å². The lowest BCUT2D eigenvalue weighted by Crippen LogP contribution is -2.18. The van der Waals surface area contributed by atoms with Crippen molar-refractivity contribution in [1.29, 1.82) is 0 Å². The number of ether oxygens (including phenoxy) is 1. The molecule has 2 nitrogen and oxygen atoms in total. The first kappa shape index (κ1) is 13.1. The molecule has 1 atom stereocenters. The maximum absolute atomic E-state index is 12.9. The van der Waals surface area contributed by atoms with E-state index in [1.54, 1.807) is 6.92 Å². The van der Waals surface area contributed by atoms with Crippen molar-refractivity contribution in [2.75, 3.05) is 6.61 Å². The van der Waals surface area contributed by atoms with Gasteiger partial charge in [-0.05, 0) is 18.6 Å². The Bertz CT molecular complexity index is 372. The zero-order chi connectivity index (χ0) is 12.1. The van der Waals surface area contributed by atoms with Gasteiger partial charge in [0, 0.05) is 6.42 Å². The van der Waals surface area contributed by atoms with Gasteiger partial charge >= 0.3 is 5.97 Å². The Labute approximate surface area is 101 Å². The van der Waals surface area contributed by atoms with Gasteiger partial charge in [-0.25, -0.2) is 8.78 Å². The van der Waals surface area contributed by atoms with Crippen molar-refractivity contribution in [3.05, 3.63) is 35.5 Å². The van der Waals surface area contributed by atoms with E-state index in [4.69, 9.17) is 4.74 Å². The minimum Gasteiger partial charge on any atom is -0.465 e. The summed E-state index contributed by atoms with van der Waals surface area (Å²) in [5.41, 5.74) is 0.487. The van der Waals surface area contributed by atoms with Gasteiger partial charge in [-0.2, -0.15) is 0 Å². The van der Waals surface area contributed by atoms with Crippen molar-refractivity contribution in [2.45, 2.75) is 18.2 Å². The molecular weight excluding hydrogens is 282 g/mol. The zero-order valence-electron chi connectivity index (χ0n) is 8.67. The first-order valence-electron chi connectivity index (χ1n) is 4.79. The summed E-state index contributed by atoms with van der Waals surface area (Å²) < 4.78 is 30.6. The molecule has 0 fully saturated rings. The van der Waals surface area contributed by atoms with Crippen molar-refractivity contribution >= 4 is 21.9 Å². The van der Waals surface area contributed by atoms with E-state index in [-0.39, 0.29) is 13.0 Å². The molecule has 88 valence electrons. The van der Waals surface area contributed by atoms with E-state index in [0.717, 1.165) is 6.08 Å². The Morgan fingerprint density at radius 1 is 1.56 bits per heavy atom. The number of carbonyl (C=O) groups is 1. The van der Waals surface area contributed by atoms with Crippen LogP contribution >= 0.6 is 15.9 Å². The standard InChI is InChI=1S/C11H11BrF2O2/c1-2-16-11(15)10(12)7-3-5-8(13)9(14)6-4-7/h3-5,10H,2,6H2,1H3. The second-order valence-corrected chi connectivity index (χ2v) is 4.02. The van der Waals surface area contributed by atoms with Crippen LogP contribution in [0.25, 0.3) is 0 Å². The fraction of sp³-hybridized carbons (Fsp3) is 0.364. The fourth-order valence-corrected chi connectivity index (χ4v) is 1.64. The summed E-state index contributed by atoms with van der Waals surface area (Å²) in [4.78, 5) is 10.7. The number of allylic oxidation sites excluding steroid dienone is 5. The topological polar surface area (TPSA) is 26.3 Å². The molecule has 1 aliphatic rings. The van der Waals surface area contributed by atoms with E-state index >= 15 is 0 Å². The van der Waals surface area contributed by atoms with E-state index in [2.05, 4.69) is 15.9 Å². The second kappa shape index (κ2) is 5.94. The molecule has 0 saturated heterocycles. The molecule has 16 heavy (non-hydrogen) atoms. The molecular formula is C11H11BrF2O2. The lowest BCUT2D eigenvalue weighted by Gasteiger charge is -2.09. The highest BCUT2D eigenvalue weighted by molar-refractivity contribution is 9.10. The number of esters is 1. The van der Waals surface area contributed by atoms with Gasteiger partial charge in [0.25, 0.3) is 0 Å². The van der Waals surface area contributed by atoms with Gasteiger partial charge in [0.15, 0.2) is 5.83 Å². The van der Waals surface area contributed by atoms with E-state index in [9.17, 15) is 13.6 Å². The largest absolute Gasteiger partial charge is 0.465 e. The molecule has 0 saturated carbocycles. The number of hydrogen-bond acceptors (Lipinski definition) is 2. The van der Waals surface area contributed by atoms with E-state index in [0.29, 0.717) is 5.57 Å². The predicted octanol–water partition coefficient (Wildman–Crippen LogP) is 3.35. The third-order valence-electron chi connectivity index (χ3n) is 1.98. The van der Waals surface area contributed by atoms with E-state index in [1.165, 1.54) is 12.2 Å². The predicted molar refractivity (Wildman–Crippen MR) is 60.4 cm³/mol. The molecule has 1 aliphatic carbocycles. The van der Waals surface area contributed by atoms with Crippen LogP contribution in [0.2, 0.25) is 0 Å². The smallest absolute Gasteiger partial charge is 0.324 e. The molecule has 1 rings (SSSR count). The summed E-state index contributed by atoms with van der Waals surface area (Å²) in [5.74, 6) is -2.22. The molecule has 0 aliphatic heterocycles. The Balaban J connectivity index is 2.77. The fourth-order valence-electron chi connectivity index (χ4n) is 1.17. The van der Waals surface area contributed by atoms with Crippen LogP contribution in [-0.2, 0) is 9.53 Å². The minimum atomic E-state index is -0.908. The lowest BCUT2D eigenvalue weighted by atomic mass is 10.1. The summed E-state index contributed by atoms with van der Waals surface area (Å²) in [6.45, 7) is 1.95. The summed E-state index contributed by atoms with van der Waals surface area (Å²) in [6, 6.07) is 0. The molecule has 0 bridgehead atoms. The Morgan fingerprint density at radius 2 is 2.25 bits per heavy atom. The van der Waals surface area contributed by atoms with Crippen LogP contribution in [-0.4, -0.2) is 17.4 Å². The Morgan fingerprint density at radius 3 is 2.88 bits per heavy atom. The SMILES string of the molecule is CCOC(=O)C(Br)C1=CCC(F)=C(F)C=C1. The Hall–Kier alpha value is -0.970. The van der Waals surface area contributed by atoms with Gasteiger partial charge < -0.3 is 4.74 Å². The van der Waals surface area contributed by atoms with E-state index in [1.807, 2.05) is 0 Å². The number of rotatable bonds is 3. The summed E-state index contributed by atoms with van der Waals surface area (Å²) in [7, 11) is 0. The van der Waals surface area contributed by atoms with Crippen LogP contribution in [0.4, 0.5) is 8.78 Å². The van der Waals surface area contributed by atoms with Gasteiger partial charge in [0.05, 0.1) is 6.61 Å². The molecule has 0 aromatic carbocycles. The van der Waals surface area contributed by atoms with Crippen LogP contribution in [0, 0.1) is 0 Å². The molecule has 0 spiro atoms. The average Bonchev–Trinajstić information content (AvgIpc) is 2.42. The monoisotopic (exact) mass is 292 g/mol. The molecule has 0 amide bonds.